The van der Waals surface area contributed by atoms with Gasteiger partial charge in [-0.15, -0.1) is 0 Å². The zero-order chi connectivity index (χ0) is 18.0. The second-order valence-electron chi connectivity index (χ2n) is 7.46. The lowest BCUT2D eigenvalue weighted by molar-refractivity contribution is -0.119. The van der Waals surface area contributed by atoms with Gasteiger partial charge in [0.05, 0.1) is 4.90 Å². The fraction of sp³-hybridized carbons (Fsp3) is 0.632. The fourth-order valence-corrected chi connectivity index (χ4v) is 6.02. The van der Waals surface area contributed by atoms with Gasteiger partial charge in [0, 0.05) is 23.7 Å². The lowest BCUT2D eigenvalue weighted by atomic mass is 10.0. The molecule has 2 unspecified atom stereocenters. The minimum Gasteiger partial charge on any atom is -0.326 e. The standard InChI is InChI=1S/C19H28N2O3S/c1-14-6-5-7-15(2)21(14)25(23,24)18-12-10-17(11-13-18)20-19(22)16-8-3-4-9-16/h10-16H,3-9H2,1-2H3,(H,20,22). The van der Waals surface area contributed by atoms with E-state index in [2.05, 4.69) is 5.32 Å². The quantitative estimate of drug-likeness (QED) is 0.884. The van der Waals surface area contributed by atoms with E-state index in [1.165, 1.54) is 0 Å². The van der Waals surface area contributed by atoms with Gasteiger partial charge < -0.3 is 5.32 Å². The van der Waals surface area contributed by atoms with Crippen molar-refractivity contribution in [3.8, 4) is 0 Å². The summed E-state index contributed by atoms with van der Waals surface area (Å²) in [6.45, 7) is 3.95. The van der Waals surface area contributed by atoms with Gasteiger partial charge in [0.25, 0.3) is 0 Å². The third kappa shape index (κ3) is 3.90. The predicted octanol–water partition coefficient (Wildman–Crippen LogP) is 3.77. The van der Waals surface area contributed by atoms with E-state index in [9.17, 15) is 13.2 Å². The van der Waals surface area contributed by atoms with Gasteiger partial charge in [0.1, 0.15) is 0 Å². The van der Waals surface area contributed by atoms with Crippen LogP contribution in [0.1, 0.15) is 58.8 Å². The Balaban J connectivity index is 1.73. The number of sulfonamides is 1. The van der Waals surface area contributed by atoms with Gasteiger partial charge in [0.15, 0.2) is 0 Å². The molecular formula is C19H28N2O3S. The molecule has 6 heteroatoms. The molecule has 2 aliphatic rings. The molecule has 138 valence electrons. The molecule has 1 saturated heterocycles. The van der Waals surface area contributed by atoms with Crippen LogP contribution in [0, 0.1) is 5.92 Å². The van der Waals surface area contributed by atoms with Crippen molar-refractivity contribution >= 4 is 21.6 Å². The van der Waals surface area contributed by atoms with Crippen molar-refractivity contribution in [1.82, 2.24) is 4.31 Å². The van der Waals surface area contributed by atoms with Crippen molar-refractivity contribution < 1.29 is 13.2 Å². The van der Waals surface area contributed by atoms with Crippen LogP contribution in [0.4, 0.5) is 5.69 Å². The lowest BCUT2D eigenvalue weighted by Crippen LogP contribution is -2.47. The third-order valence-corrected chi connectivity index (χ3v) is 7.68. The molecule has 1 aromatic rings. The second kappa shape index (κ2) is 7.46. The molecule has 1 heterocycles. The molecule has 1 amide bonds. The molecule has 0 spiro atoms. The molecule has 1 aromatic carbocycles. The highest BCUT2D eigenvalue weighted by Crippen LogP contribution is 2.30. The number of hydrogen-bond acceptors (Lipinski definition) is 3. The first-order valence-electron chi connectivity index (χ1n) is 9.34. The number of nitrogens with zero attached hydrogens (tertiary/aromatic N) is 1. The Kier molecular flexibility index (Phi) is 5.49. The van der Waals surface area contributed by atoms with Gasteiger partial charge in [0.2, 0.25) is 15.9 Å². The Labute approximate surface area is 150 Å². The van der Waals surface area contributed by atoms with Crippen LogP contribution in [0.15, 0.2) is 29.2 Å². The fourth-order valence-electron chi connectivity index (χ4n) is 4.14. The smallest absolute Gasteiger partial charge is 0.243 e. The molecule has 1 N–H and O–H groups in total. The zero-order valence-corrected chi connectivity index (χ0v) is 15.9. The summed E-state index contributed by atoms with van der Waals surface area (Å²) in [4.78, 5) is 12.5. The zero-order valence-electron chi connectivity index (χ0n) is 15.1. The highest BCUT2D eigenvalue weighted by Gasteiger charge is 2.35. The van der Waals surface area contributed by atoms with Crippen LogP contribution in [0.2, 0.25) is 0 Å². The SMILES string of the molecule is CC1CCCC(C)N1S(=O)(=O)c1ccc(NC(=O)C2CCCC2)cc1. The molecule has 5 nitrogen and oxygen atoms in total. The van der Waals surface area contributed by atoms with Gasteiger partial charge in [-0.2, -0.15) is 4.31 Å². The van der Waals surface area contributed by atoms with Crippen LogP contribution in [0.3, 0.4) is 0 Å². The molecule has 2 fully saturated rings. The van der Waals surface area contributed by atoms with Crippen molar-refractivity contribution in [2.75, 3.05) is 5.32 Å². The maximum Gasteiger partial charge on any atom is 0.243 e. The minimum absolute atomic E-state index is 0.0236. The number of carbonyl (C=O) groups excluding carboxylic acids is 1. The molecule has 1 aliphatic carbocycles. The number of piperidine rings is 1. The van der Waals surface area contributed by atoms with Crippen LogP contribution < -0.4 is 5.32 Å². The first-order chi connectivity index (χ1) is 11.9. The molecule has 25 heavy (non-hydrogen) atoms. The van der Waals surface area contributed by atoms with Crippen molar-refractivity contribution in [3.05, 3.63) is 24.3 Å². The van der Waals surface area contributed by atoms with Gasteiger partial charge in [-0.05, 0) is 63.8 Å². The number of nitrogens with one attached hydrogen (secondary N) is 1. The summed E-state index contributed by atoms with van der Waals surface area (Å²) in [7, 11) is -3.50. The van der Waals surface area contributed by atoms with Crippen LogP contribution in [-0.2, 0) is 14.8 Å². The van der Waals surface area contributed by atoms with E-state index in [1.54, 1.807) is 28.6 Å². The monoisotopic (exact) mass is 364 g/mol. The maximum absolute atomic E-state index is 13.0. The Morgan fingerprint density at radius 3 is 2.08 bits per heavy atom. The van der Waals surface area contributed by atoms with Crippen LogP contribution in [-0.4, -0.2) is 30.7 Å². The van der Waals surface area contributed by atoms with Crippen molar-refractivity contribution in [3.63, 3.8) is 0 Å². The Morgan fingerprint density at radius 2 is 1.52 bits per heavy atom. The van der Waals surface area contributed by atoms with Gasteiger partial charge in [-0.25, -0.2) is 8.42 Å². The van der Waals surface area contributed by atoms with Gasteiger partial charge in [-0.1, -0.05) is 19.3 Å². The normalized spacial score (nSPS) is 25.8. The summed E-state index contributed by atoms with van der Waals surface area (Å²) in [6.07, 6.45) is 6.99. The van der Waals surface area contributed by atoms with Crippen LogP contribution in [0.25, 0.3) is 0 Å². The van der Waals surface area contributed by atoms with E-state index in [0.717, 1.165) is 44.9 Å². The first kappa shape index (κ1) is 18.4. The van der Waals surface area contributed by atoms with Crippen LogP contribution >= 0.6 is 0 Å². The predicted molar refractivity (Wildman–Crippen MR) is 98.8 cm³/mol. The number of amides is 1. The average Bonchev–Trinajstić information content (AvgIpc) is 3.09. The summed E-state index contributed by atoms with van der Waals surface area (Å²) in [6, 6.07) is 6.64. The van der Waals surface area contributed by atoms with Gasteiger partial charge in [-0.3, -0.25) is 4.79 Å². The minimum atomic E-state index is -3.50. The number of anilines is 1. The summed E-state index contributed by atoms with van der Waals surface area (Å²) >= 11 is 0. The first-order valence-corrected chi connectivity index (χ1v) is 10.8. The third-order valence-electron chi connectivity index (χ3n) is 5.54. The number of hydrogen-bond donors (Lipinski definition) is 1. The Hall–Kier alpha value is -1.40. The summed E-state index contributed by atoms with van der Waals surface area (Å²) < 4.78 is 27.6. The largest absolute Gasteiger partial charge is 0.326 e. The topological polar surface area (TPSA) is 66.5 Å². The van der Waals surface area contributed by atoms with E-state index in [-0.39, 0.29) is 23.9 Å². The summed E-state index contributed by atoms with van der Waals surface area (Å²) in [5, 5.41) is 2.91. The molecule has 3 rings (SSSR count). The van der Waals surface area contributed by atoms with E-state index in [1.807, 2.05) is 13.8 Å². The molecule has 0 bridgehead atoms. The second-order valence-corrected chi connectivity index (χ2v) is 9.30. The van der Waals surface area contributed by atoms with E-state index in [4.69, 9.17) is 0 Å². The summed E-state index contributed by atoms with van der Waals surface area (Å²) in [5.41, 5.74) is 0.663. The van der Waals surface area contributed by atoms with Gasteiger partial charge >= 0.3 is 0 Å². The molecule has 2 atom stereocenters. The highest BCUT2D eigenvalue weighted by atomic mass is 32.2. The Morgan fingerprint density at radius 1 is 0.960 bits per heavy atom. The highest BCUT2D eigenvalue weighted by molar-refractivity contribution is 7.89. The maximum atomic E-state index is 13.0. The summed E-state index contributed by atoms with van der Waals surface area (Å²) in [5.74, 6) is 0.143. The molecular weight excluding hydrogens is 336 g/mol. The number of benzene rings is 1. The number of carbonyl (C=O) groups is 1. The number of rotatable bonds is 4. The lowest BCUT2D eigenvalue weighted by Gasteiger charge is -2.37. The van der Waals surface area contributed by atoms with Crippen molar-refractivity contribution in [2.24, 2.45) is 5.92 Å². The molecule has 1 saturated carbocycles. The van der Waals surface area contributed by atoms with Crippen LogP contribution in [0.5, 0.6) is 0 Å². The van der Waals surface area contributed by atoms with E-state index >= 15 is 0 Å². The molecule has 1 aliphatic heterocycles. The molecule has 0 radical (unpaired) electrons. The van der Waals surface area contributed by atoms with E-state index in [0.29, 0.717) is 10.6 Å². The van der Waals surface area contributed by atoms with Crippen molar-refractivity contribution in [2.45, 2.75) is 75.8 Å². The van der Waals surface area contributed by atoms with E-state index < -0.39 is 10.0 Å². The average molecular weight is 365 g/mol. The molecule has 0 aromatic heterocycles. The Bertz CT molecular complexity index is 699. The van der Waals surface area contributed by atoms with Crippen molar-refractivity contribution in [1.29, 1.82) is 0 Å².